The van der Waals surface area contributed by atoms with E-state index in [1.165, 1.54) is 0 Å². The van der Waals surface area contributed by atoms with Crippen molar-refractivity contribution >= 4 is 23.2 Å². The number of halogens is 4. The summed E-state index contributed by atoms with van der Waals surface area (Å²) < 4.78 is 31.6. The van der Waals surface area contributed by atoms with Crippen LogP contribution in [0, 0.1) is 11.6 Å². The van der Waals surface area contributed by atoms with Crippen molar-refractivity contribution in [1.29, 1.82) is 0 Å². The van der Waals surface area contributed by atoms with Gasteiger partial charge in [-0.3, -0.25) is 0 Å². The summed E-state index contributed by atoms with van der Waals surface area (Å²) in [5, 5.41) is -0.465. The fourth-order valence-electron chi connectivity index (χ4n) is 1.95. The monoisotopic (exact) mass is 316 g/mol. The Labute approximate surface area is 126 Å². The van der Waals surface area contributed by atoms with E-state index in [1.807, 2.05) is 24.3 Å². The summed E-state index contributed by atoms with van der Waals surface area (Å²) in [6.07, 6.45) is 0.399. The van der Waals surface area contributed by atoms with Crippen molar-refractivity contribution in [2.45, 2.75) is 11.8 Å². The third kappa shape index (κ3) is 3.22. The highest BCUT2D eigenvalue weighted by atomic mass is 35.5. The Kier molecular flexibility index (Phi) is 4.84. The predicted octanol–water partition coefficient (Wildman–Crippen LogP) is 5.15. The van der Waals surface area contributed by atoms with Gasteiger partial charge in [-0.2, -0.15) is 0 Å². The second-order valence-electron chi connectivity index (χ2n) is 4.27. The van der Waals surface area contributed by atoms with E-state index in [1.54, 1.807) is 7.11 Å². The number of alkyl halides is 1. The largest absolute Gasteiger partial charge is 0.496 e. The summed E-state index contributed by atoms with van der Waals surface area (Å²) >= 11 is 12.2. The zero-order chi connectivity index (χ0) is 14.7. The zero-order valence-corrected chi connectivity index (χ0v) is 12.2. The highest BCUT2D eigenvalue weighted by Crippen LogP contribution is 2.34. The Morgan fingerprint density at radius 2 is 1.80 bits per heavy atom. The molecule has 2 aromatic rings. The minimum absolute atomic E-state index is 0.110. The van der Waals surface area contributed by atoms with E-state index in [9.17, 15) is 8.78 Å². The van der Waals surface area contributed by atoms with Crippen LogP contribution in [0.15, 0.2) is 36.4 Å². The standard InChI is InChI=1S/C15H12Cl2F2O/c1-20-15-5-3-2-4-9(15)6-11(16)10-7-13(18)14(19)8-12(10)17/h2-5,7-8,11H,6H2,1H3. The van der Waals surface area contributed by atoms with Gasteiger partial charge in [0, 0.05) is 5.02 Å². The van der Waals surface area contributed by atoms with Crippen molar-refractivity contribution in [1.82, 2.24) is 0 Å². The highest BCUT2D eigenvalue weighted by molar-refractivity contribution is 6.32. The molecular formula is C15H12Cl2F2O. The number of rotatable bonds is 4. The minimum atomic E-state index is -0.986. The van der Waals surface area contributed by atoms with Crippen LogP contribution in [0.5, 0.6) is 5.75 Å². The molecule has 1 nitrogen and oxygen atoms in total. The van der Waals surface area contributed by atoms with Crippen LogP contribution in [0.1, 0.15) is 16.5 Å². The van der Waals surface area contributed by atoms with Crippen LogP contribution < -0.4 is 4.74 Å². The first kappa shape index (κ1) is 15.1. The lowest BCUT2D eigenvalue weighted by Crippen LogP contribution is -2.01. The molecule has 0 radical (unpaired) electrons. The SMILES string of the molecule is COc1ccccc1CC(Cl)c1cc(F)c(F)cc1Cl. The van der Waals surface area contributed by atoms with Gasteiger partial charge in [-0.05, 0) is 35.7 Å². The molecule has 106 valence electrons. The van der Waals surface area contributed by atoms with E-state index >= 15 is 0 Å². The summed E-state index contributed by atoms with van der Waals surface area (Å²) in [6, 6.07) is 9.34. The molecule has 0 heterocycles. The van der Waals surface area contributed by atoms with Crippen molar-refractivity contribution in [3.8, 4) is 5.75 Å². The van der Waals surface area contributed by atoms with Gasteiger partial charge >= 0.3 is 0 Å². The molecule has 0 saturated carbocycles. The average molecular weight is 317 g/mol. The molecule has 2 rings (SSSR count). The van der Waals surface area contributed by atoms with Gasteiger partial charge in [-0.15, -0.1) is 11.6 Å². The van der Waals surface area contributed by atoms with Crippen molar-refractivity contribution in [2.75, 3.05) is 7.11 Å². The maximum absolute atomic E-state index is 13.3. The Balaban J connectivity index is 2.28. The first-order chi connectivity index (χ1) is 9.52. The van der Waals surface area contributed by atoms with Crippen LogP contribution in [0.3, 0.4) is 0 Å². The fraction of sp³-hybridized carbons (Fsp3) is 0.200. The molecule has 20 heavy (non-hydrogen) atoms. The number of benzene rings is 2. The predicted molar refractivity (Wildman–Crippen MR) is 76.7 cm³/mol. The number of ether oxygens (including phenoxy) is 1. The van der Waals surface area contributed by atoms with E-state index in [0.717, 1.165) is 17.7 Å². The molecule has 0 saturated heterocycles. The van der Waals surface area contributed by atoms with E-state index in [-0.39, 0.29) is 5.02 Å². The number of methoxy groups -OCH3 is 1. The van der Waals surface area contributed by atoms with E-state index in [2.05, 4.69) is 0 Å². The number of hydrogen-bond acceptors (Lipinski definition) is 1. The summed E-state index contributed by atoms with van der Waals surface area (Å²) in [5.41, 5.74) is 1.23. The molecule has 0 aliphatic rings. The second kappa shape index (κ2) is 6.42. The van der Waals surface area contributed by atoms with E-state index in [0.29, 0.717) is 17.7 Å². The Hall–Kier alpha value is -1.32. The first-order valence-electron chi connectivity index (χ1n) is 5.93. The summed E-state index contributed by atoms with van der Waals surface area (Å²) in [5.74, 6) is -1.26. The van der Waals surface area contributed by atoms with Crippen molar-refractivity contribution < 1.29 is 13.5 Å². The van der Waals surface area contributed by atoms with Crippen LogP contribution >= 0.6 is 23.2 Å². The minimum Gasteiger partial charge on any atom is -0.496 e. The van der Waals surface area contributed by atoms with Gasteiger partial charge in [0.15, 0.2) is 11.6 Å². The molecule has 0 spiro atoms. The van der Waals surface area contributed by atoms with Crippen LogP contribution in [0.2, 0.25) is 5.02 Å². The smallest absolute Gasteiger partial charge is 0.160 e. The van der Waals surface area contributed by atoms with Crippen molar-refractivity contribution in [2.24, 2.45) is 0 Å². The summed E-state index contributed by atoms with van der Waals surface area (Å²) in [7, 11) is 1.56. The van der Waals surface area contributed by atoms with Gasteiger partial charge in [0.2, 0.25) is 0 Å². The molecule has 1 unspecified atom stereocenters. The first-order valence-corrected chi connectivity index (χ1v) is 6.74. The van der Waals surface area contributed by atoms with Gasteiger partial charge < -0.3 is 4.74 Å². The third-order valence-corrected chi connectivity index (χ3v) is 3.69. The molecule has 0 amide bonds. The van der Waals surface area contributed by atoms with Crippen LogP contribution in [-0.2, 0) is 6.42 Å². The lowest BCUT2D eigenvalue weighted by atomic mass is 10.0. The Bertz CT molecular complexity index is 617. The van der Waals surface area contributed by atoms with Gasteiger partial charge in [0.1, 0.15) is 5.75 Å². The van der Waals surface area contributed by atoms with E-state index < -0.39 is 17.0 Å². The Morgan fingerprint density at radius 1 is 1.15 bits per heavy atom. The quantitative estimate of drug-likeness (QED) is 0.560. The number of hydrogen-bond donors (Lipinski definition) is 0. The van der Waals surface area contributed by atoms with Crippen LogP contribution in [-0.4, -0.2) is 7.11 Å². The molecule has 1 atom stereocenters. The molecule has 5 heteroatoms. The normalized spacial score (nSPS) is 12.2. The second-order valence-corrected chi connectivity index (χ2v) is 5.21. The maximum Gasteiger partial charge on any atom is 0.160 e. The molecule has 0 aliphatic heterocycles. The number of para-hydroxylation sites is 1. The summed E-state index contributed by atoms with van der Waals surface area (Å²) in [6.45, 7) is 0. The van der Waals surface area contributed by atoms with Crippen molar-refractivity contribution in [3.63, 3.8) is 0 Å². The van der Waals surface area contributed by atoms with Gasteiger partial charge in [0.05, 0.1) is 12.5 Å². The molecule has 0 aromatic heterocycles. The molecule has 0 N–H and O–H groups in total. The average Bonchev–Trinajstić information content (AvgIpc) is 2.43. The zero-order valence-electron chi connectivity index (χ0n) is 10.7. The van der Waals surface area contributed by atoms with Gasteiger partial charge in [0.25, 0.3) is 0 Å². The third-order valence-electron chi connectivity index (χ3n) is 2.97. The maximum atomic E-state index is 13.3. The highest BCUT2D eigenvalue weighted by Gasteiger charge is 2.17. The van der Waals surface area contributed by atoms with Crippen molar-refractivity contribution in [3.05, 3.63) is 64.2 Å². The molecule has 2 aromatic carbocycles. The molecule has 0 fully saturated rings. The Morgan fingerprint density at radius 3 is 2.50 bits per heavy atom. The van der Waals surface area contributed by atoms with Crippen LogP contribution in [0.4, 0.5) is 8.78 Å². The fourth-order valence-corrected chi connectivity index (χ4v) is 2.64. The van der Waals surface area contributed by atoms with Gasteiger partial charge in [-0.1, -0.05) is 29.8 Å². The lowest BCUT2D eigenvalue weighted by Gasteiger charge is -2.14. The lowest BCUT2D eigenvalue weighted by molar-refractivity contribution is 0.409. The molecule has 0 bridgehead atoms. The topological polar surface area (TPSA) is 9.23 Å². The summed E-state index contributed by atoms with van der Waals surface area (Å²) in [4.78, 5) is 0. The molecular weight excluding hydrogens is 305 g/mol. The van der Waals surface area contributed by atoms with Gasteiger partial charge in [-0.25, -0.2) is 8.78 Å². The van der Waals surface area contributed by atoms with E-state index in [4.69, 9.17) is 27.9 Å². The van der Waals surface area contributed by atoms with Crippen LogP contribution in [0.25, 0.3) is 0 Å². The molecule has 0 aliphatic carbocycles.